The lowest BCUT2D eigenvalue weighted by molar-refractivity contribution is 0.660. The number of nitrogens with zero attached hydrogens (tertiary/aromatic N) is 2. The Morgan fingerprint density at radius 3 is 1.77 bits per heavy atom. The summed E-state index contributed by atoms with van der Waals surface area (Å²) in [6.45, 7) is 4.68. The Labute approximate surface area is 332 Å². The van der Waals surface area contributed by atoms with Gasteiger partial charge in [0.2, 0.25) is 0 Å². The predicted octanol–water partition coefficient (Wildman–Crippen LogP) is 14.6. The number of hydrogen-bond acceptors (Lipinski definition) is 2. The van der Waals surface area contributed by atoms with Gasteiger partial charge in [0.05, 0.1) is 11.4 Å². The van der Waals surface area contributed by atoms with Crippen LogP contribution >= 0.6 is 0 Å². The summed E-state index contributed by atoms with van der Waals surface area (Å²) in [6, 6.07) is 70.1. The van der Waals surface area contributed by atoms with Gasteiger partial charge in [0.15, 0.2) is 5.82 Å². The standard InChI is InChI=1S/C55H38N2/c1-55(2)49-23-13-12-21-44(49)45-30-29-39(33-50(45)55)35-24-26-38(27-25-35)51-34-52(46-22-11-10-18-41(46)36-14-4-3-5-15-36)57-54(56-51)53-43-20-9-7-17-40(43)32-48-42-19-8-6-16-37(42)28-31-47(48)53/h3-34H,1-2H3. The quantitative estimate of drug-likeness (QED) is 0.130. The van der Waals surface area contributed by atoms with Crippen molar-refractivity contribution in [2.24, 2.45) is 0 Å². The molecule has 0 N–H and O–H groups in total. The molecule has 1 aromatic heterocycles. The molecule has 0 fully saturated rings. The van der Waals surface area contributed by atoms with Gasteiger partial charge < -0.3 is 0 Å². The first-order valence-electron chi connectivity index (χ1n) is 19.7. The maximum absolute atomic E-state index is 5.48. The molecule has 0 unspecified atom stereocenters. The molecule has 0 atom stereocenters. The molecule has 1 heterocycles. The van der Waals surface area contributed by atoms with Crippen molar-refractivity contribution in [3.63, 3.8) is 0 Å². The summed E-state index contributed by atoms with van der Waals surface area (Å²) in [5.74, 6) is 0.715. The van der Waals surface area contributed by atoms with Crippen LogP contribution in [0.4, 0.5) is 0 Å². The summed E-state index contributed by atoms with van der Waals surface area (Å²) in [4.78, 5) is 10.9. The van der Waals surface area contributed by atoms with Gasteiger partial charge >= 0.3 is 0 Å². The zero-order valence-corrected chi connectivity index (χ0v) is 31.9. The second-order valence-corrected chi connectivity index (χ2v) is 15.7. The van der Waals surface area contributed by atoms with Gasteiger partial charge in [-0.05, 0) is 95.0 Å². The molecule has 1 aliphatic carbocycles. The third kappa shape index (κ3) is 5.40. The molecule has 268 valence electrons. The Hall–Kier alpha value is -7.16. The summed E-state index contributed by atoms with van der Waals surface area (Å²) in [6.07, 6.45) is 0. The average molecular weight is 727 g/mol. The fourth-order valence-corrected chi connectivity index (χ4v) is 9.20. The molecular weight excluding hydrogens is 689 g/mol. The highest BCUT2D eigenvalue weighted by Gasteiger charge is 2.35. The Morgan fingerprint density at radius 2 is 0.947 bits per heavy atom. The van der Waals surface area contributed by atoms with E-state index in [0.29, 0.717) is 5.82 Å². The van der Waals surface area contributed by atoms with E-state index in [1.807, 2.05) is 0 Å². The number of aromatic nitrogens is 2. The maximum atomic E-state index is 5.48. The van der Waals surface area contributed by atoms with Crippen molar-refractivity contribution in [3.05, 3.63) is 205 Å². The highest BCUT2D eigenvalue weighted by atomic mass is 14.9. The Kier molecular flexibility index (Phi) is 7.55. The van der Waals surface area contributed by atoms with Gasteiger partial charge in [0.25, 0.3) is 0 Å². The molecule has 9 aromatic carbocycles. The van der Waals surface area contributed by atoms with E-state index >= 15 is 0 Å². The minimum absolute atomic E-state index is 0.0518. The summed E-state index contributed by atoms with van der Waals surface area (Å²) in [5.41, 5.74) is 15.0. The average Bonchev–Trinajstić information content (AvgIpc) is 3.51. The monoisotopic (exact) mass is 726 g/mol. The van der Waals surface area contributed by atoms with Gasteiger partial charge in [-0.2, -0.15) is 0 Å². The number of hydrogen-bond donors (Lipinski definition) is 0. The molecule has 1 aliphatic rings. The number of fused-ring (bicyclic) bond motifs is 7. The van der Waals surface area contributed by atoms with Crippen LogP contribution in [-0.4, -0.2) is 9.97 Å². The van der Waals surface area contributed by atoms with Crippen LogP contribution in [0.1, 0.15) is 25.0 Å². The topological polar surface area (TPSA) is 25.8 Å². The molecule has 0 amide bonds. The maximum Gasteiger partial charge on any atom is 0.161 e. The third-order valence-corrected chi connectivity index (χ3v) is 12.1. The van der Waals surface area contributed by atoms with Crippen molar-refractivity contribution in [1.82, 2.24) is 9.97 Å². The highest BCUT2D eigenvalue weighted by Crippen LogP contribution is 2.49. The van der Waals surface area contributed by atoms with Crippen molar-refractivity contribution in [2.75, 3.05) is 0 Å². The van der Waals surface area contributed by atoms with Crippen molar-refractivity contribution < 1.29 is 0 Å². The van der Waals surface area contributed by atoms with Crippen LogP contribution in [0.25, 0.3) is 99.6 Å². The Morgan fingerprint density at radius 1 is 0.333 bits per heavy atom. The van der Waals surface area contributed by atoms with Gasteiger partial charge in [-0.15, -0.1) is 0 Å². The van der Waals surface area contributed by atoms with E-state index in [1.54, 1.807) is 0 Å². The van der Waals surface area contributed by atoms with E-state index in [2.05, 4.69) is 208 Å². The summed E-state index contributed by atoms with van der Waals surface area (Å²) in [5, 5.41) is 7.09. The summed E-state index contributed by atoms with van der Waals surface area (Å²) >= 11 is 0. The molecule has 10 aromatic rings. The van der Waals surface area contributed by atoms with E-state index in [4.69, 9.17) is 9.97 Å². The van der Waals surface area contributed by atoms with Crippen LogP contribution in [0.5, 0.6) is 0 Å². The van der Waals surface area contributed by atoms with E-state index in [0.717, 1.165) is 50.0 Å². The first-order chi connectivity index (χ1) is 28.0. The molecule has 0 aliphatic heterocycles. The van der Waals surface area contributed by atoms with Gasteiger partial charge in [-0.1, -0.05) is 190 Å². The molecule has 2 heteroatoms. The Bertz CT molecular complexity index is 3190. The van der Waals surface area contributed by atoms with Crippen molar-refractivity contribution >= 4 is 32.3 Å². The van der Waals surface area contributed by atoms with Crippen molar-refractivity contribution in [2.45, 2.75) is 19.3 Å². The SMILES string of the molecule is CC1(C)c2ccccc2-c2ccc(-c3ccc(-c4cc(-c5ccccc5-c5ccccc5)nc(-c5c6ccccc6cc6c5ccc5ccccc56)n4)cc3)cc21. The van der Waals surface area contributed by atoms with Gasteiger partial charge in [0.1, 0.15) is 0 Å². The molecular formula is C55H38N2. The molecule has 11 rings (SSSR count). The fraction of sp³-hybridized carbons (Fsp3) is 0.0545. The fourth-order valence-electron chi connectivity index (χ4n) is 9.20. The van der Waals surface area contributed by atoms with Gasteiger partial charge in [0, 0.05) is 22.1 Å². The molecule has 0 saturated heterocycles. The number of rotatable bonds is 5. The van der Waals surface area contributed by atoms with E-state index in [1.165, 1.54) is 54.9 Å². The number of benzene rings is 9. The van der Waals surface area contributed by atoms with Crippen molar-refractivity contribution in [1.29, 1.82) is 0 Å². The van der Waals surface area contributed by atoms with Gasteiger partial charge in [-0.3, -0.25) is 0 Å². The smallest absolute Gasteiger partial charge is 0.161 e. The molecule has 0 radical (unpaired) electrons. The largest absolute Gasteiger partial charge is 0.228 e. The normalized spacial score (nSPS) is 12.9. The van der Waals surface area contributed by atoms with Crippen molar-refractivity contribution in [3.8, 4) is 67.3 Å². The van der Waals surface area contributed by atoms with E-state index in [-0.39, 0.29) is 5.41 Å². The zero-order valence-electron chi connectivity index (χ0n) is 31.9. The first-order valence-corrected chi connectivity index (χ1v) is 19.7. The van der Waals surface area contributed by atoms with Crippen LogP contribution in [-0.2, 0) is 5.41 Å². The Balaban J connectivity index is 1.10. The first kappa shape index (κ1) is 33.2. The van der Waals surface area contributed by atoms with Gasteiger partial charge in [-0.25, -0.2) is 9.97 Å². The minimum atomic E-state index is -0.0518. The second kappa shape index (κ2) is 13.0. The molecule has 0 spiro atoms. The van der Waals surface area contributed by atoms with Crippen LogP contribution in [0.15, 0.2) is 194 Å². The molecule has 57 heavy (non-hydrogen) atoms. The summed E-state index contributed by atoms with van der Waals surface area (Å²) in [7, 11) is 0. The minimum Gasteiger partial charge on any atom is -0.228 e. The lowest BCUT2D eigenvalue weighted by Crippen LogP contribution is -2.14. The molecule has 2 nitrogen and oxygen atoms in total. The van der Waals surface area contributed by atoms with E-state index < -0.39 is 0 Å². The molecule has 0 saturated carbocycles. The third-order valence-electron chi connectivity index (χ3n) is 12.1. The van der Waals surface area contributed by atoms with Crippen LogP contribution < -0.4 is 0 Å². The molecule has 0 bridgehead atoms. The lowest BCUT2D eigenvalue weighted by Gasteiger charge is -2.22. The predicted molar refractivity (Wildman–Crippen MR) is 239 cm³/mol. The van der Waals surface area contributed by atoms with E-state index in [9.17, 15) is 0 Å². The summed E-state index contributed by atoms with van der Waals surface area (Å²) < 4.78 is 0. The lowest BCUT2D eigenvalue weighted by atomic mass is 9.81. The highest BCUT2D eigenvalue weighted by molar-refractivity contribution is 6.19. The van der Waals surface area contributed by atoms with Crippen LogP contribution in [0.3, 0.4) is 0 Å². The van der Waals surface area contributed by atoms with Crippen LogP contribution in [0.2, 0.25) is 0 Å². The zero-order chi connectivity index (χ0) is 38.1. The second-order valence-electron chi connectivity index (χ2n) is 15.7. The van der Waals surface area contributed by atoms with Crippen LogP contribution in [0, 0.1) is 0 Å².